The highest BCUT2D eigenvalue weighted by Gasteiger charge is 2.24. The standard InChI is InChI=1S/C36H24N4O/c41-22-8-7-13-28-29-18-20-33(39-29)35(24-9-3-1-4-10-24)31-16-14-26(37-31)23-27-15-17-32(38-27)36(25-11-5-2-6-12-25)34-21-19-30(28)40-34/h1-6,9-12,14-21,23,41H,8,22H2. The van der Waals surface area contributed by atoms with Crippen molar-refractivity contribution >= 4 is 34.0 Å². The highest BCUT2D eigenvalue weighted by atomic mass is 16.2. The quantitative estimate of drug-likeness (QED) is 0.461. The van der Waals surface area contributed by atoms with Crippen LogP contribution in [0.25, 0.3) is 11.1 Å². The zero-order chi connectivity index (χ0) is 27.6. The minimum atomic E-state index is -0.00940. The van der Waals surface area contributed by atoms with E-state index >= 15 is 0 Å². The van der Waals surface area contributed by atoms with Gasteiger partial charge in [0.1, 0.15) is 0 Å². The molecule has 0 fully saturated rings. The van der Waals surface area contributed by atoms with Crippen LogP contribution in [0.3, 0.4) is 0 Å². The van der Waals surface area contributed by atoms with E-state index in [-0.39, 0.29) is 6.61 Å². The lowest BCUT2D eigenvalue weighted by atomic mass is 9.99. The fourth-order valence-electron chi connectivity index (χ4n) is 5.16. The van der Waals surface area contributed by atoms with Crippen LogP contribution in [0.5, 0.6) is 0 Å². The first-order valence-corrected chi connectivity index (χ1v) is 13.5. The number of hydrogen-bond donors (Lipinski definition) is 1. The predicted molar refractivity (Wildman–Crippen MR) is 168 cm³/mol. The van der Waals surface area contributed by atoms with Crippen molar-refractivity contribution in [3.63, 3.8) is 0 Å². The van der Waals surface area contributed by atoms with Gasteiger partial charge in [-0.05, 0) is 65.8 Å². The van der Waals surface area contributed by atoms with Crippen LogP contribution in [0.15, 0.2) is 164 Å². The Hall–Kier alpha value is -5.44. The maximum Gasteiger partial charge on any atom is 0.0816 e. The number of allylic oxidation sites excluding steroid dienone is 12. The molecular formula is C36H24N4O. The normalized spacial score (nSPS) is 18.4. The van der Waals surface area contributed by atoms with Crippen LogP contribution >= 0.6 is 0 Å². The molecule has 1 N–H and O–H groups in total. The molecule has 0 radical (unpaired) electrons. The van der Waals surface area contributed by atoms with Gasteiger partial charge >= 0.3 is 0 Å². The second-order valence-electron chi connectivity index (χ2n) is 9.72. The Kier molecular flexibility index (Phi) is 6.37. The second-order valence-corrected chi connectivity index (χ2v) is 9.72. The first-order valence-electron chi connectivity index (χ1n) is 13.5. The van der Waals surface area contributed by atoms with Crippen molar-refractivity contribution in [2.75, 3.05) is 6.61 Å². The summed E-state index contributed by atoms with van der Waals surface area (Å²) >= 11 is 0. The molecule has 7 rings (SSSR count). The van der Waals surface area contributed by atoms with E-state index in [2.05, 4.69) is 36.1 Å². The number of rotatable bonds is 3. The third kappa shape index (κ3) is 4.78. The Morgan fingerprint density at radius 1 is 0.561 bits per heavy atom. The summed E-state index contributed by atoms with van der Waals surface area (Å²) in [5.74, 6) is 6.34. The highest BCUT2D eigenvalue weighted by molar-refractivity contribution is 6.34. The number of aliphatic hydroxyl groups excluding tert-OH is 1. The molecule has 0 aliphatic carbocycles. The summed E-state index contributed by atoms with van der Waals surface area (Å²) in [6, 6.07) is 20.4. The monoisotopic (exact) mass is 528 g/mol. The number of nitrogens with zero attached hydrogens (tertiary/aromatic N) is 4. The van der Waals surface area contributed by atoms with Gasteiger partial charge < -0.3 is 5.11 Å². The van der Waals surface area contributed by atoms with Gasteiger partial charge in [-0.15, -0.1) is 0 Å². The van der Waals surface area contributed by atoms with Gasteiger partial charge in [-0.2, -0.15) is 0 Å². The van der Waals surface area contributed by atoms with Gasteiger partial charge in [0.15, 0.2) is 0 Å². The Morgan fingerprint density at radius 3 is 1.88 bits per heavy atom. The molecule has 0 atom stereocenters. The minimum absolute atomic E-state index is 0.00940. The molecule has 194 valence electrons. The van der Waals surface area contributed by atoms with Crippen LogP contribution in [-0.4, -0.2) is 34.6 Å². The SMILES string of the molecule is OCCC#CC1=C2C=CC(=N2)C(c2ccccc2)=C2C=CC(=N2)C=C2C=CC(=N2)C(c2ccccc2)=C2C=CC1=N2. The average Bonchev–Trinajstić information content (AvgIpc) is 3.83. The Bertz CT molecular complexity index is 1870. The molecule has 0 amide bonds. The molecule has 2 aromatic rings. The van der Waals surface area contributed by atoms with E-state index < -0.39 is 0 Å². The molecule has 2 aromatic carbocycles. The maximum atomic E-state index is 9.40. The van der Waals surface area contributed by atoms with Crippen molar-refractivity contribution in [1.82, 2.24) is 0 Å². The lowest BCUT2D eigenvalue weighted by Crippen LogP contribution is -2.02. The summed E-state index contributed by atoms with van der Waals surface area (Å²) in [7, 11) is 0. The van der Waals surface area contributed by atoms with Gasteiger partial charge in [-0.1, -0.05) is 72.5 Å². The number of aliphatic hydroxyl groups is 1. The second kappa shape index (κ2) is 10.6. The molecule has 5 aliphatic heterocycles. The molecule has 0 saturated heterocycles. The highest BCUT2D eigenvalue weighted by Crippen LogP contribution is 2.33. The zero-order valence-electron chi connectivity index (χ0n) is 22.1. The molecule has 5 aliphatic rings. The Morgan fingerprint density at radius 2 is 1.15 bits per heavy atom. The summed E-state index contributed by atoms with van der Waals surface area (Å²) in [5.41, 5.74) is 11.0. The van der Waals surface area contributed by atoms with Crippen molar-refractivity contribution in [3.8, 4) is 11.8 Å². The van der Waals surface area contributed by atoms with E-state index in [1.165, 1.54) is 0 Å². The smallest absolute Gasteiger partial charge is 0.0816 e. The van der Waals surface area contributed by atoms with E-state index in [0.29, 0.717) is 12.0 Å². The number of hydrogen-bond acceptors (Lipinski definition) is 5. The summed E-state index contributed by atoms with van der Waals surface area (Å²) in [6.45, 7) is -0.00940. The van der Waals surface area contributed by atoms with Crippen LogP contribution in [0.1, 0.15) is 17.5 Å². The van der Waals surface area contributed by atoms with Crippen molar-refractivity contribution in [3.05, 3.63) is 155 Å². The Balaban J connectivity index is 1.50. The summed E-state index contributed by atoms with van der Waals surface area (Å²) < 4.78 is 0. The average molecular weight is 529 g/mol. The number of benzene rings is 2. The van der Waals surface area contributed by atoms with Gasteiger partial charge in [0, 0.05) is 17.6 Å². The van der Waals surface area contributed by atoms with E-state index in [4.69, 9.17) is 20.0 Å². The van der Waals surface area contributed by atoms with Crippen molar-refractivity contribution in [2.45, 2.75) is 6.42 Å². The van der Waals surface area contributed by atoms with Gasteiger partial charge in [-0.25, -0.2) is 20.0 Å². The fourth-order valence-corrected chi connectivity index (χ4v) is 5.16. The summed E-state index contributed by atoms with van der Waals surface area (Å²) in [5, 5.41) is 9.40. The largest absolute Gasteiger partial charge is 0.395 e. The lowest BCUT2D eigenvalue weighted by Gasteiger charge is -2.09. The molecule has 0 unspecified atom stereocenters. The number of aliphatic imine (C=N–C) groups is 4. The minimum Gasteiger partial charge on any atom is -0.395 e. The molecule has 0 aromatic heterocycles. The van der Waals surface area contributed by atoms with Crippen LogP contribution in [0.4, 0.5) is 0 Å². The van der Waals surface area contributed by atoms with Crippen LogP contribution in [0.2, 0.25) is 0 Å². The fraction of sp³-hybridized carbons (Fsp3) is 0.0556. The van der Waals surface area contributed by atoms with Gasteiger partial charge in [0.25, 0.3) is 0 Å². The molecule has 5 heteroatoms. The van der Waals surface area contributed by atoms with Crippen molar-refractivity contribution < 1.29 is 5.11 Å². The van der Waals surface area contributed by atoms with Gasteiger partial charge in [0.2, 0.25) is 0 Å². The van der Waals surface area contributed by atoms with E-state index in [1.807, 2.05) is 91.1 Å². The van der Waals surface area contributed by atoms with Crippen LogP contribution in [0, 0.1) is 11.8 Å². The predicted octanol–water partition coefficient (Wildman–Crippen LogP) is 6.39. The van der Waals surface area contributed by atoms with E-state index in [9.17, 15) is 5.11 Å². The maximum absolute atomic E-state index is 9.40. The molecule has 5 heterocycles. The van der Waals surface area contributed by atoms with Gasteiger partial charge in [0.05, 0.1) is 57.8 Å². The zero-order valence-corrected chi connectivity index (χ0v) is 22.1. The molecule has 0 saturated carbocycles. The van der Waals surface area contributed by atoms with E-state index in [1.54, 1.807) is 0 Å². The van der Waals surface area contributed by atoms with Crippen molar-refractivity contribution in [2.24, 2.45) is 20.0 Å². The Labute approximate surface area is 238 Å². The van der Waals surface area contributed by atoms with Crippen molar-refractivity contribution in [1.29, 1.82) is 0 Å². The third-order valence-electron chi connectivity index (χ3n) is 7.01. The third-order valence-corrected chi connectivity index (χ3v) is 7.01. The number of fused-ring (bicyclic) bond motifs is 4. The first kappa shape index (κ1) is 24.6. The lowest BCUT2D eigenvalue weighted by molar-refractivity contribution is 0.305. The summed E-state index contributed by atoms with van der Waals surface area (Å²) in [6.07, 6.45) is 18.4. The van der Waals surface area contributed by atoms with Gasteiger partial charge in [-0.3, -0.25) is 0 Å². The van der Waals surface area contributed by atoms with E-state index in [0.717, 1.165) is 67.9 Å². The molecule has 0 spiro atoms. The molecular weight excluding hydrogens is 504 g/mol. The van der Waals surface area contributed by atoms with Crippen LogP contribution < -0.4 is 0 Å². The molecule has 5 nitrogen and oxygen atoms in total. The topological polar surface area (TPSA) is 69.7 Å². The molecule has 8 bridgehead atoms. The van der Waals surface area contributed by atoms with Crippen LogP contribution in [-0.2, 0) is 0 Å². The summed E-state index contributed by atoms with van der Waals surface area (Å²) in [4.78, 5) is 20.1. The molecule has 41 heavy (non-hydrogen) atoms. The first-order chi connectivity index (χ1) is 20.3.